The number of rotatable bonds is 6. The molecular weight excluding hydrogens is 250 g/mol. The molecule has 0 unspecified atom stereocenters. The lowest BCUT2D eigenvalue weighted by atomic mass is 9.98. The Hall–Kier alpha value is -1.41. The zero-order valence-corrected chi connectivity index (χ0v) is 12.6. The molecule has 1 aromatic heterocycles. The van der Waals surface area contributed by atoms with Crippen LogP contribution in [0, 0.1) is 0 Å². The molecule has 0 radical (unpaired) electrons. The van der Waals surface area contributed by atoms with Crippen LogP contribution in [-0.2, 0) is 12.8 Å². The van der Waals surface area contributed by atoms with E-state index in [-0.39, 0.29) is 0 Å². The van der Waals surface area contributed by atoms with Crippen LogP contribution in [-0.4, -0.2) is 4.98 Å². The Balaban J connectivity index is 2.22. The van der Waals surface area contributed by atoms with Gasteiger partial charge in [0.15, 0.2) is 0 Å². The summed E-state index contributed by atoms with van der Waals surface area (Å²) in [5.74, 6) is 0. The lowest BCUT2D eigenvalue weighted by molar-refractivity contribution is 0.891. The summed E-state index contributed by atoms with van der Waals surface area (Å²) < 4.78 is 0. The molecule has 2 rings (SSSR count). The molecule has 0 aliphatic carbocycles. The highest BCUT2D eigenvalue weighted by atomic mass is 32.1. The first-order valence-electron chi connectivity index (χ1n) is 6.94. The smallest absolute Gasteiger partial charge is 0.0929 e. The molecule has 0 spiro atoms. The van der Waals surface area contributed by atoms with Gasteiger partial charge in [-0.15, -0.1) is 11.3 Å². The van der Waals surface area contributed by atoms with Gasteiger partial charge in [-0.1, -0.05) is 50.3 Å². The fraction of sp³-hybridized carbons (Fsp3) is 0.353. The molecule has 1 nitrogen and oxygen atoms in total. The molecule has 0 aliphatic heterocycles. The van der Waals surface area contributed by atoms with Crippen molar-refractivity contribution in [3.63, 3.8) is 0 Å². The molecule has 0 saturated carbocycles. The summed E-state index contributed by atoms with van der Waals surface area (Å²) in [6.07, 6.45) is 4.21. The molecule has 0 N–H and O–H groups in total. The Morgan fingerprint density at radius 2 is 2.05 bits per heavy atom. The summed E-state index contributed by atoms with van der Waals surface area (Å²) in [7, 11) is 0. The molecule has 1 heterocycles. The van der Waals surface area contributed by atoms with Gasteiger partial charge in [-0.2, -0.15) is 0 Å². The average molecular weight is 271 g/mol. The Bertz CT molecular complexity index is 554. The standard InChI is InChI=1S/C17H21NS/c1-4-13(3)10-11-14-8-6-7-9-15(14)16-12-19-17(5-2)18-16/h6-9,12H,3-5,10-11H2,1-2H3. The van der Waals surface area contributed by atoms with Gasteiger partial charge in [0, 0.05) is 10.9 Å². The Morgan fingerprint density at radius 3 is 2.74 bits per heavy atom. The fourth-order valence-corrected chi connectivity index (χ4v) is 2.82. The van der Waals surface area contributed by atoms with Crippen molar-refractivity contribution in [2.75, 3.05) is 0 Å². The van der Waals surface area contributed by atoms with Crippen molar-refractivity contribution >= 4 is 11.3 Å². The molecule has 0 fully saturated rings. The van der Waals surface area contributed by atoms with Crippen molar-refractivity contribution in [3.8, 4) is 11.3 Å². The minimum Gasteiger partial charge on any atom is -0.241 e. The van der Waals surface area contributed by atoms with E-state index in [9.17, 15) is 0 Å². The van der Waals surface area contributed by atoms with Crippen LogP contribution >= 0.6 is 11.3 Å². The van der Waals surface area contributed by atoms with Gasteiger partial charge in [0.2, 0.25) is 0 Å². The third kappa shape index (κ3) is 3.54. The van der Waals surface area contributed by atoms with Gasteiger partial charge in [-0.05, 0) is 31.2 Å². The van der Waals surface area contributed by atoms with Gasteiger partial charge in [-0.3, -0.25) is 0 Å². The quantitative estimate of drug-likeness (QED) is 0.652. The van der Waals surface area contributed by atoms with Crippen molar-refractivity contribution in [1.29, 1.82) is 0 Å². The highest BCUT2D eigenvalue weighted by Crippen LogP contribution is 2.27. The van der Waals surface area contributed by atoms with E-state index < -0.39 is 0 Å². The zero-order chi connectivity index (χ0) is 13.7. The molecule has 0 saturated heterocycles. The topological polar surface area (TPSA) is 12.9 Å². The predicted molar refractivity (Wildman–Crippen MR) is 84.7 cm³/mol. The van der Waals surface area contributed by atoms with Crippen LogP contribution in [0.5, 0.6) is 0 Å². The van der Waals surface area contributed by atoms with E-state index in [4.69, 9.17) is 4.98 Å². The molecular formula is C17H21NS. The van der Waals surface area contributed by atoms with E-state index in [1.54, 1.807) is 11.3 Å². The summed E-state index contributed by atoms with van der Waals surface area (Å²) >= 11 is 1.75. The van der Waals surface area contributed by atoms with Gasteiger partial charge in [0.1, 0.15) is 0 Å². The summed E-state index contributed by atoms with van der Waals surface area (Å²) in [5, 5.41) is 3.38. The normalized spacial score (nSPS) is 10.6. The number of nitrogens with zero attached hydrogens (tertiary/aromatic N) is 1. The average Bonchev–Trinajstić information content (AvgIpc) is 2.93. The number of hydrogen-bond acceptors (Lipinski definition) is 2. The van der Waals surface area contributed by atoms with Gasteiger partial charge in [-0.25, -0.2) is 4.98 Å². The van der Waals surface area contributed by atoms with Crippen LogP contribution in [0.2, 0.25) is 0 Å². The van der Waals surface area contributed by atoms with Crippen molar-refractivity contribution < 1.29 is 0 Å². The number of thiazole rings is 1. The summed E-state index contributed by atoms with van der Waals surface area (Å²) in [6.45, 7) is 8.42. The summed E-state index contributed by atoms with van der Waals surface area (Å²) in [5.41, 5.74) is 5.11. The fourth-order valence-electron chi connectivity index (χ4n) is 2.07. The largest absolute Gasteiger partial charge is 0.241 e. The molecule has 2 heteroatoms. The van der Waals surface area contributed by atoms with Crippen molar-refractivity contribution in [2.24, 2.45) is 0 Å². The highest BCUT2D eigenvalue weighted by Gasteiger charge is 2.08. The molecule has 100 valence electrons. The van der Waals surface area contributed by atoms with Crippen molar-refractivity contribution in [2.45, 2.75) is 39.5 Å². The van der Waals surface area contributed by atoms with E-state index in [1.165, 1.54) is 21.7 Å². The minimum absolute atomic E-state index is 1.01. The molecule has 19 heavy (non-hydrogen) atoms. The molecule has 0 atom stereocenters. The van der Waals surface area contributed by atoms with Crippen molar-refractivity contribution in [1.82, 2.24) is 4.98 Å². The lowest BCUT2D eigenvalue weighted by Crippen LogP contribution is -1.92. The maximum atomic E-state index is 4.70. The second kappa shape index (κ2) is 6.67. The first-order valence-corrected chi connectivity index (χ1v) is 7.81. The van der Waals surface area contributed by atoms with Gasteiger partial charge in [0.25, 0.3) is 0 Å². The van der Waals surface area contributed by atoms with E-state index in [0.717, 1.165) is 31.4 Å². The van der Waals surface area contributed by atoms with Crippen LogP contribution in [0.15, 0.2) is 41.8 Å². The Kier molecular flexibility index (Phi) is 4.92. The summed E-state index contributed by atoms with van der Waals surface area (Å²) in [4.78, 5) is 4.70. The Morgan fingerprint density at radius 1 is 1.26 bits per heavy atom. The second-order valence-corrected chi connectivity index (χ2v) is 5.68. The third-order valence-electron chi connectivity index (χ3n) is 3.40. The number of aryl methyl sites for hydroxylation is 2. The number of benzene rings is 1. The predicted octanol–water partition coefficient (Wildman–Crippen LogP) is 5.27. The lowest BCUT2D eigenvalue weighted by Gasteiger charge is -2.08. The van der Waals surface area contributed by atoms with Crippen LogP contribution in [0.3, 0.4) is 0 Å². The monoisotopic (exact) mass is 271 g/mol. The van der Waals surface area contributed by atoms with Crippen LogP contribution in [0.25, 0.3) is 11.3 Å². The molecule has 0 bridgehead atoms. The second-order valence-electron chi connectivity index (χ2n) is 4.74. The van der Waals surface area contributed by atoms with Crippen LogP contribution in [0.1, 0.15) is 37.3 Å². The van der Waals surface area contributed by atoms with Gasteiger partial charge >= 0.3 is 0 Å². The first-order chi connectivity index (χ1) is 9.24. The number of aromatic nitrogens is 1. The van der Waals surface area contributed by atoms with E-state index in [2.05, 4.69) is 50.1 Å². The molecule has 0 amide bonds. The van der Waals surface area contributed by atoms with Crippen LogP contribution in [0.4, 0.5) is 0 Å². The highest BCUT2D eigenvalue weighted by molar-refractivity contribution is 7.09. The molecule has 2 aromatic rings. The maximum Gasteiger partial charge on any atom is 0.0929 e. The molecule has 1 aromatic carbocycles. The Labute approximate surface area is 120 Å². The van der Waals surface area contributed by atoms with Crippen LogP contribution < -0.4 is 0 Å². The maximum absolute atomic E-state index is 4.70. The first kappa shape index (κ1) is 14.0. The third-order valence-corrected chi connectivity index (χ3v) is 4.39. The zero-order valence-electron chi connectivity index (χ0n) is 11.8. The molecule has 0 aliphatic rings. The van der Waals surface area contributed by atoms with Crippen molar-refractivity contribution in [3.05, 3.63) is 52.4 Å². The van der Waals surface area contributed by atoms with E-state index in [0.29, 0.717) is 0 Å². The minimum atomic E-state index is 1.01. The van der Waals surface area contributed by atoms with Gasteiger partial charge < -0.3 is 0 Å². The SMILES string of the molecule is C=C(CC)CCc1ccccc1-c1csc(CC)n1. The van der Waals surface area contributed by atoms with E-state index >= 15 is 0 Å². The number of hydrogen-bond donors (Lipinski definition) is 0. The summed E-state index contributed by atoms with van der Waals surface area (Å²) in [6, 6.07) is 8.60. The number of allylic oxidation sites excluding steroid dienone is 1. The van der Waals surface area contributed by atoms with E-state index in [1.807, 2.05) is 0 Å². The van der Waals surface area contributed by atoms with Gasteiger partial charge in [0.05, 0.1) is 10.7 Å².